The molecule has 0 radical (unpaired) electrons. The minimum Gasteiger partial charge on any atom is -0.370 e. The van der Waals surface area contributed by atoms with Gasteiger partial charge in [-0.25, -0.2) is 0 Å². The highest BCUT2D eigenvalue weighted by Crippen LogP contribution is 2.37. The molecule has 1 N–H and O–H groups in total. The monoisotopic (exact) mass is 461 g/mol. The van der Waals surface area contributed by atoms with Gasteiger partial charge in [0.25, 0.3) is 5.89 Å². The molecule has 0 aliphatic carbocycles. The van der Waals surface area contributed by atoms with Crippen LogP contribution < -0.4 is 5.32 Å². The molecule has 1 aromatic heterocycles. The van der Waals surface area contributed by atoms with Gasteiger partial charge in [0.15, 0.2) is 0 Å². The van der Waals surface area contributed by atoms with Crippen molar-refractivity contribution < 1.29 is 4.52 Å². The maximum absolute atomic E-state index is 5.93. The van der Waals surface area contributed by atoms with Crippen LogP contribution in [0.3, 0.4) is 0 Å². The van der Waals surface area contributed by atoms with Crippen LogP contribution >= 0.6 is 0 Å². The van der Waals surface area contributed by atoms with E-state index in [-0.39, 0.29) is 6.04 Å². The summed E-state index contributed by atoms with van der Waals surface area (Å²) >= 11 is 0. The van der Waals surface area contributed by atoms with Gasteiger partial charge in [-0.3, -0.25) is 0 Å². The highest BCUT2D eigenvalue weighted by atomic mass is 16.5. The first-order valence-corrected chi connectivity index (χ1v) is 12.3. The molecule has 0 saturated carbocycles. The van der Waals surface area contributed by atoms with E-state index in [0.717, 1.165) is 27.6 Å². The summed E-state index contributed by atoms with van der Waals surface area (Å²) in [5.41, 5.74) is 5.76. The first-order chi connectivity index (χ1) is 17.0. The SMILES string of the molecule is CC(C)c1cccc(C(C)C)c1NC(c1ccccc1)c1nc(-c2cccc3ccccc23)no1. The summed E-state index contributed by atoms with van der Waals surface area (Å²) in [4.78, 5) is 4.91. The Bertz CT molecular complexity index is 1400. The van der Waals surface area contributed by atoms with E-state index in [4.69, 9.17) is 9.51 Å². The van der Waals surface area contributed by atoms with E-state index in [0.29, 0.717) is 23.6 Å². The van der Waals surface area contributed by atoms with E-state index in [1.54, 1.807) is 0 Å². The van der Waals surface area contributed by atoms with Gasteiger partial charge in [-0.05, 0) is 39.3 Å². The molecule has 0 amide bonds. The van der Waals surface area contributed by atoms with Gasteiger partial charge in [0.1, 0.15) is 6.04 Å². The van der Waals surface area contributed by atoms with E-state index in [1.807, 2.05) is 42.5 Å². The van der Waals surface area contributed by atoms with Gasteiger partial charge in [0.2, 0.25) is 5.82 Å². The summed E-state index contributed by atoms with van der Waals surface area (Å²) in [6.07, 6.45) is 0. The van der Waals surface area contributed by atoms with E-state index >= 15 is 0 Å². The molecule has 35 heavy (non-hydrogen) atoms. The van der Waals surface area contributed by atoms with Crippen molar-refractivity contribution in [2.75, 3.05) is 5.32 Å². The molecular formula is C31H31N3O. The number of aromatic nitrogens is 2. The van der Waals surface area contributed by atoms with Crippen molar-refractivity contribution in [2.45, 2.75) is 45.6 Å². The maximum Gasteiger partial charge on any atom is 0.254 e. The van der Waals surface area contributed by atoms with Crippen LogP contribution in [0.4, 0.5) is 5.69 Å². The van der Waals surface area contributed by atoms with Gasteiger partial charge < -0.3 is 9.84 Å². The number of fused-ring (bicyclic) bond motifs is 1. The Balaban J connectivity index is 1.61. The average molecular weight is 462 g/mol. The summed E-state index contributed by atoms with van der Waals surface area (Å²) in [5.74, 6) is 1.90. The van der Waals surface area contributed by atoms with Crippen LogP contribution in [0.25, 0.3) is 22.2 Å². The smallest absolute Gasteiger partial charge is 0.254 e. The number of nitrogens with one attached hydrogen (secondary N) is 1. The van der Waals surface area contributed by atoms with Crippen molar-refractivity contribution in [3.8, 4) is 11.4 Å². The molecule has 0 aliphatic rings. The molecule has 1 heterocycles. The molecule has 176 valence electrons. The first kappa shape index (κ1) is 22.9. The third-order valence-corrected chi connectivity index (χ3v) is 6.51. The van der Waals surface area contributed by atoms with Gasteiger partial charge in [-0.1, -0.05) is 124 Å². The predicted octanol–water partition coefficient (Wildman–Crippen LogP) is 8.34. The zero-order valence-corrected chi connectivity index (χ0v) is 20.7. The van der Waals surface area contributed by atoms with Crippen LogP contribution in [0.15, 0.2) is 95.5 Å². The van der Waals surface area contributed by atoms with E-state index in [1.165, 1.54) is 11.1 Å². The van der Waals surface area contributed by atoms with Gasteiger partial charge in [-0.2, -0.15) is 4.98 Å². The molecule has 1 unspecified atom stereocenters. The molecule has 5 aromatic rings. The average Bonchev–Trinajstić information content (AvgIpc) is 3.37. The van der Waals surface area contributed by atoms with Crippen molar-refractivity contribution in [1.29, 1.82) is 0 Å². The van der Waals surface area contributed by atoms with Crippen molar-refractivity contribution in [2.24, 2.45) is 0 Å². The fourth-order valence-electron chi connectivity index (χ4n) is 4.68. The normalized spacial score (nSPS) is 12.4. The van der Waals surface area contributed by atoms with Gasteiger partial charge >= 0.3 is 0 Å². The second-order valence-electron chi connectivity index (χ2n) is 9.59. The molecule has 4 nitrogen and oxygen atoms in total. The fourth-order valence-corrected chi connectivity index (χ4v) is 4.68. The predicted molar refractivity (Wildman–Crippen MR) is 144 cm³/mol. The summed E-state index contributed by atoms with van der Waals surface area (Å²) in [6, 6.07) is 31.1. The lowest BCUT2D eigenvalue weighted by Crippen LogP contribution is -2.16. The van der Waals surface area contributed by atoms with Gasteiger partial charge in [-0.15, -0.1) is 0 Å². The standard InChI is InChI=1S/C31H31N3O/c1-20(2)24-17-11-18-25(21(3)4)29(24)32-28(23-13-6-5-7-14-23)31-33-30(34-35-31)27-19-10-15-22-12-8-9-16-26(22)27/h5-21,28,32H,1-4H3. The zero-order valence-electron chi connectivity index (χ0n) is 20.7. The number of nitrogens with zero attached hydrogens (tertiary/aromatic N) is 2. The highest BCUT2D eigenvalue weighted by molar-refractivity contribution is 5.94. The van der Waals surface area contributed by atoms with E-state index < -0.39 is 0 Å². The summed E-state index contributed by atoms with van der Waals surface area (Å²) < 4.78 is 5.93. The van der Waals surface area contributed by atoms with Crippen LogP contribution in [-0.2, 0) is 0 Å². The molecule has 0 spiro atoms. The lowest BCUT2D eigenvalue weighted by molar-refractivity contribution is 0.372. The summed E-state index contributed by atoms with van der Waals surface area (Å²) in [6.45, 7) is 8.92. The Hall–Kier alpha value is -3.92. The van der Waals surface area contributed by atoms with E-state index in [2.05, 4.69) is 86.7 Å². The zero-order chi connectivity index (χ0) is 24.4. The second kappa shape index (κ2) is 9.75. The Morgan fingerprint density at radius 3 is 2.03 bits per heavy atom. The number of benzene rings is 4. The largest absolute Gasteiger partial charge is 0.370 e. The molecule has 0 fully saturated rings. The van der Waals surface area contributed by atoms with Crippen molar-refractivity contribution in [3.05, 3.63) is 114 Å². The van der Waals surface area contributed by atoms with Crippen molar-refractivity contribution in [3.63, 3.8) is 0 Å². The quantitative estimate of drug-likeness (QED) is 0.265. The number of hydrogen-bond acceptors (Lipinski definition) is 4. The van der Waals surface area contributed by atoms with Gasteiger partial charge in [0, 0.05) is 11.3 Å². The lowest BCUT2D eigenvalue weighted by atomic mass is 9.91. The number of anilines is 1. The van der Waals surface area contributed by atoms with Crippen molar-refractivity contribution >= 4 is 16.5 Å². The highest BCUT2D eigenvalue weighted by Gasteiger charge is 2.25. The van der Waals surface area contributed by atoms with Crippen LogP contribution in [0.2, 0.25) is 0 Å². The molecule has 5 rings (SSSR count). The Kier molecular flexibility index (Phi) is 6.37. The topological polar surface area (TPSA) is 51.0 Å². The third-order valence-electron chi connectivity index (χ3n) is 6.51. The lowest BCUT2D eigenvalue weighted by Gasteiger charge is -2.25. The molecule has 0 saturated heterocycles. The van der Waals surface area contributed by atoms with Crippen LogP contribution in [0.1, 0.15) is 68.2 Å². The number of para-hydroxylation sites is 1. The minimum absolute atomic E-state index is 0.273. The molecular weight excluding hydrogens is 430 g/mol. The fraction of sp³-hybridized carbons (Fsp3) is 0.226. The molecule has 4 heteroatoms. The maximum atomic E-state index is 5.93. The molecule has 1 atom stereocenters. The van der Waals surface area contributed by atoms with Gasteiger partial charge in [0.05, 0.1) is 0 Å². The van der Waals surface area contributed by atoms with Crippen LogP contribution in [0, 0.1) is 0 Å². The Morgan fingerprint density at radius 2 is 1.31 bits per heavy atom. The first-order valence-electron chi connectivity index (χ1n) is 12.3. The molecule has 0 bridgehead atoms. The van der Waals surface area contributed by atoms with E-state index in [9.17, 15) is 0 Å². The number of rotatable bonds is 7. The molecule has 4 aromatic carbocycles. The van der Waals surface area contributed by atoms with Crippen LogP contribution in [-0.4, -0.2) is 10.1 Å². The number of hydrogen-bond donors (Lipinski definition) is 1. The summed E-state index contributed by atoms with van der Waals surface area (Å²) in [7, 11) is 0. The molecule has 0 aliphatic heterocycles. The van der Waals surface area contributed by atoms with Crippen molar-refractivity contribution in [1.82, 2.24) is 10.1 Å². The summed E-state index contributed by atoms with van der Waals surface area (Å²) in [5, 5.41) is 10.5. The Morgan fingerprint density at radius 1 is 0.686 bits per heavy atom. The minimum atomic E-state index is -0.273. The second-order valence-corrected chi connectivity index (χ2v) is 9.59. The Labute approximate surface area is 207 Å². The third kappa shape index (κ3) is 4.57. The van der Waals surface area contributed by atoms with Crippen LogP contribution in [0.5, 0.6) is 0 Å².